The number of allylic oxidation sites excluding steroid dienone is 1. The van der Waals surface area contributed by atoms with Gasteiger partial charge in [0.25, 0.3) is 5.91 Å². The fraction of sp³-hybridized carbons (Fsp3) is 0.211. The molecular formula is C19H22N3NaO10P2. The first-order chi connectivity index (χ1) is 15.7. The summed E-state index contributed by atoms with van der Waals surface area (Å²) >= 11 is 0. The van der Waals surface area contributed by atoms with E-state index in [4.69, 9.17) is 9.63 Å². The Kier molecular flexibility index (Phi) is 11.0. The van der Waals surface area contributed by atoms with Crippen molar-refractivity contribution in [2.24, 2.45) is 10.2 Å². The summed E-state index contributed by atoms with van der Waals surface area (Å²) in [6, 6.07) is 11.4. The molecule has 13 nitrogen and oxygen atoms in total. The van der Waals surface area contributed by atoms with Gasteiger partial charge < -0.3 is 44.4 Å². The third-order valence-electron chi connectivity index (χ3n) is 4.48. The van der Waals surface area contributed by atoms with E-state index in [1.807, 2.05) is 0 Å². The summed E-state index contributed by atoms with van der Waals surface area (Å²) in [4.78, 5) is 51.4. The molecule has 0 spiro atoms. The second-order valence-corrected chi connectivity index (χ2v) is 10.9. The Morgan fingerprint density at radius 3 is 2.17 bits per heavy atom. The first kappa shape index (κ1) is 31.1. The van der Waals surface area contributed by atoms with E-state index in [0.717, 1.165) is 0 Å². The van der Waals surface area contributed by atoms with E-state index in [1.54, 1.807) is 24.3 Å². The Bertz CT molecular complexity index is 1180. The van der Waals surface area contributed by atoms with Crippen LogP contribution in [0.25, 0.3) is 0 Å². The standard InChI is InChI=1S/C19H23N3O10P2.Na/c1-12(23)17(18(24)20-15-5-3-4-6-16(15)32-2)22-21-14-9-7-13(8-10-14)11-19(25,33(26,27)28)34(29,30)31;/h3-10,23,25H,11H2,1-2H3,(H,20,24)(H2,26,27,28)(H2,29,30,31);/q;+1/p-1/b17-12-,22-21?;. The van der Waals surface area contributed by atoms with Crippen molar-refractivity contribution in [2.45, 2.75) is 18.4 Å². The van der Waals surface area contributed by atoms with Gasteiger partial charge in [0.05, 0.1) is 18.5 Å². The number of para-hydroxylation sites is 2. The number of nitrogens with one attached hydrogen (secondary N) is 1. The summed E-state index contributed by atoms with van der Waals surface area (Å²) in [5.74, 6) is -0.849. The van der Waals surface area contributed by atoms with E-state index in [2.05, 4.69) is 15.5 Å². The molecule has 0 saturated carbocycles. The van der Waals surface area contributed by atoms with Crippen molar-refractivity contribution in [2.75, 3.05) is 12.4 Å². The molecule has 2 atom stereocenters. The van der Waals surface area contributed by atoms with E-state index in [1.165, 1.54) is 38.3 Å². The van der Waals surface area contributed by atoms with Crippen LogP contribution in [0.3, 0.4) is 0 Å². The fourth-order valence-corrected chi connectivity index (χ4v) is 4.73. The normalized spacial score (nSPS) is 15.9. The van der Waals surface area contributed by atoms with Crippen molar-refractivity contribution in [1.82, 2.24) is 0 Å². The molecule has 0 aromatic heterocycles. The number of benzene rings is 2. The van der Waals surface area contributed by atoms with Gasteiger partial charge in [-0.2, -0.15) is 5.11 Å². The predicted molar refractivity (Wildman–Crippen MR) is 118 cm³/mol. The molecule has 2 aromatic rings. The van der Waals surface area contributed by atoms with Crippen molar-refractivity contribution in [3.63, 3.8) is 0 Å². The molecule has 2 aromatic carbocycles. The number of anilines is 1. The van der Waals surface area contributed by atoms with Crippen LogP contribution < -0.4 is 44.5 Å². The monoisotopic (exact) mass is 537 g/mol. The summed E-state index contributed by atoms with van der Waals surface area (Å²) in [6.45, 7) is 1.22. The number of aliphatic hydroxyl groups excluding tert-OH is 1. The van der Waals surface area contributed by atoms with Crippen molar-refractivity contribution in [3.8, 4) is 5.75 Å². The molecule has 1 amide bonds. The Labute approximate surface area is 222 Å². The van der Waals surface area contributed by atoms with Gasteiger partial charge in [0, 0.05) is 6.42 Å². The summed E-state index contributed by atoms with van der Waals surface area (Å²) in [5, 5.41) is 26.1. The molecule has 0 bridgehead atoms. The van der Waals surface area contributed by atoms with E-state index < -0.39 is 44.1 Å². The molecule has 0 heterocycles. The minimum Gasteiger partial charge on any atom is -0.776 e. The Hall–Kier alpha value is -1.89. The quantitative estimate of drug-likeness (QED) is 0.0762. The maximum Gasteiger partial charge on any atom is 1.00 e. The Morgan fingerprint density at radius 2 is 1.69 bits per heavy atom. The van der Waals surface area contributed by atoms with Crippen LogP contribution in [-0.4, -0.2) is 43.0 Å². The van der Waals surface area contributed by atoms with Crippen molar-refractivity contribution in [3.05, 3.63) is 65.6 Å². The molecule has 6 N–H and O–H groups in total. The maximum atomic E-state index is 12.5. The van der Waals surface area contributed by atoms with E-state index in [9.17, 15) is 38.8 Å². The third kappa shape index (κ3) is 7.80. The van der Waals surface area contributed by atoms with Crippen LogP contribution in [-0.2, 0) is 20.3 Å². The molecule has 0 aliphatic heterocycles. The molecule has 2 rings (SSSR count). The van der Waals surface area contributed by atoms with Crippen LogP contribution in [0, 0.1) is 0 Å². The molecule has 0 aliphatic rings. The molecule has 35 heavy (non-hydrogen) atoms. The SMILES string of the molecule is COc1ccccc1NC(=O)/C(N=Nc1ccc(CC(O)(P(=O)([O-])O)P(=O)(O)O)cc1)=C(\C)O.[Na+]. The second kappa shape index (κ2) is 12.4. The third-order valence-corrected chi connectivity index (χ3v) is 8.17. The molecule has 2 unspecified atom stereocenters. The zero-order chi connectivity index (χ0) is 25.7. The number of hydrogen-bond acceptors (Lipinski definition) is 9. The Morgan fingerprint density at radius 1 is 1.11 bits per heavy atom. The molecule has 184 valence electrons. The van der Waals surface area contributed by atoms with Crippen LogP contribution in [0.4, 0.5) is 11.4 Å². The van der Waals surface area contributed by atoms with E-state index in [-0.39, 0.29) is 40.8 Å². The summed E-state index contributed by atoms with van der Waals surface area (Å²) < 4.78 is 28.0. The number of rotatable bonds is 9. The van der Waals surface area contributed by atoms with Crippen LogP contribution >= 0.6 is 15.2 Å². The summed E-state index contributed by atoms with van der Waals surface area (Å²) in [6.07, 6.45) is -1.10. The van der Waals surface area contributed by atoms with Gasteiger partial charge >= 0.3 is 37.2 Å². The van der Waals surface area contributed by atoms with Gasteiger partial charge in [0.2, 0.25) is 5.08 Å². The number of carbonyl (C=O) groups excluding carboxylic acids is 1. The number of amides is 1. The van der Waals surface area contributed by atoms with Crippen molar-refractivity contribution in [1.29, 1.82) is 0 Å². The summed E-state index contributed by atoms with van der Waals surface area (Å²) in [5.41, 5.74) is -0.0386. The van der Waals surface area contributed by atoms with Crippen LogP contribution in [0.15, 0.2) is 70.2 Å². The number of nitrogens with zero attached hydrogens (tertiary/aromatic N) is 2. The maximum absolute atomic E-state index is 12.5. The number of carbonyl (C=O) groups is 1. The van der Waals surface area contributed by atoms with Crippen LogP contribution in [0.5, 0.6) is 5.75 Å². The van der Waals surface area contributed by atoms with Crippen molar-refractivity contribution < 1.29 is 78.0 Å². The number of hydrogen-bond donors (Lipinski definition) is 6. The van der Waals surface area contributed by atoms with E-state index >= 15 is 0 Å². The van der Waals surface area contributed by atoms with Gasteiger partial charge in [0.15, 0.2) is 13.3 Å². The molecule has 16 heteroatoms. The number of aliphatic hydroxyl groups is 2. The first-order valence-corrected chi connectivity index (χ1v) is 12.6. The van der Waals surface area contributed by atoms with Gasteiger partial charge in [-0.25, -0.2) is 0 Å². The number of ether oxygens (including phenoxy) is 1. The molecule has 0 fully saturated rings. The zero-order valence-corrected chi connectivity index (χ0v) is 22.7. The van der Waals surface area contributed by atoms with Gasteiger partial charge in [0.1, 0.15) is 11.5 Å². The van der Waals surface area contributed by atoms with Gasteiger partial charge in [-0.05, 0) is 36.8 Å². The second-order valence-electron chi connectivity index (χ2n) is 6.97. The number of azo groups is 1. The molecule has 0 saturated heterocycles. The van der Waals surface area contributed by atoms with Gasteiger partial charge in [-0.1, -0.05) is 24.3 Å². The molecule has 0 aliphatic carbocycles. The summed E-state index contributed by atoms with van der Waals surface area (Å²) in [7, 11) is -10.1. The minimum atomic E-state index is -5.86. The first-order valence-electron chi connectivity index (χ1n) is 9.36. The fourth-order valence-electron chi connectivity index (χ4n) is 2.64. The van der Waals surface area contributed by atoms with Gasteiger partial charge in [-0.15, -0.1) is 5.11 Å². The average molecular weight is 537 g/mol. The predicted octanol–water partition coefficient (Wildman–Crippen LogP) is -0.877. The average Bonchev–Trinajstić information content (AvgIpc) is 2.73. The largest absolute Gasteiger partial charge is 1.00 e. The Balaban J connectivity index is 0.00000612. The van der Waals surface area contributed by atoms with Gasteiger partial charge in [-0.3, -0.25) is 9.36 Å². The van der Waals surface area contributed by atoms with Crippen LogP contribution in [0.1, 0.15) is 12.5 Å². The smallest absolute Gasteiger partial charge is 0.776 e. The molecule has 0 radical (unpaired) electrons. The van der Waals surface area contributed by atoms with Crippen LogP contribution in [0.2, 0.25) is 0 Å². The molecular weight excluding hydrogens is 515 g/mol. The number of methoxy groups -OCH3 is 1. The zero-order valence-electron chi connectivity index (χ0n) is 18.9. The minimum absolute atomic E-state index is 0. The van der Waals surface area contributed by atoms with Crippen molar-refractivity contribution >= 4 is 32.5 Å². The topological polar surface area (TPSA) is 221 Å². The van der Waals surface area contributed by atoms with E-state index in [0.29, 0.717) is 11.4 Å².